The zero-order chi connectivity index (χ0) is 10.8. The third-order valence-corrected chi connectivity index (χ3v) is 1.94. The average molecular weight is 263 g/mol. The monoisotopic (exact) mass is 262 g/mol. The molecule has 2 aliphatic carbocycles. The number of hydrogen-bond donors (Lipinski definition) is 0. The predicted octanol–water partition coefficient (Wildman–Crippen LogP) is 3.36. The van der Waals surface area contributed by atoms with Crippen molar-refractivity contribution in [2.45, 2.75) is 26.7 Å². The van der Waals surface area contributed by atoms with Crippen molar-refractivity contribution in [3.05, 3.63) is 47.6 Å². The fourth-order valence-electron chi connectivity index (χ4n) is 0.960. The standard InChI is InChI=1S/C7H9.C5H5.CH2.Zr/c1-6-4-3-5-7(6)2;1-2-4-5-3-1;;/h4H,5H2,1-2H3;1-3H,4H2;1H2;/q2*-1;;+2. The molecule has 0 bridgehead atoms. The van der Waals surface area contributed by atoms with Crippen molar-refractivity contribution < 1.29 is 24.2 Å². The average Bonchev–Trinajstić information content (AvgIpc) is 2.86. The Morgan fingerprint density at radius 1 is 1.29 bits per heavy atom. The molecule has 0 N–H and O–H groups in total. The summed E-state index contributed by atoms with van der Waals surface area (Å²) >= 11 is 1.30. The summed E-state index contributed by atoms with van der Waals surface area (Å²) < 4.78 is 3.34. The Morgan fingerprint density at radius 2 is 2.00 bits per heavy atom. The molecule has 0 spiro atoms. The molecule has 0 saturated carbocycles. The van der Waals surface area contributed by atoms with E-state index in [1.165, 1.54) is 35.4 Å². The van der Waals surface area contributed by atoms with Gasteiger partial charge in [0.2, 0.25) is 0 Å². The molecule has 0 atom stereocenters. The minimum absolute atomic E-state index is 1.01. The van der Waals surface area contributed by atoms with E-state index in [-0.39, 0.29) is 0 Å². The zero-order valence-corrected chi connectivity index (χ0v) is 11.4. The quantitative estimate of drug-likeness (QED) is 0.588. The minimum atomic E-state index is 1.01. The van der Waals surface area contributed by atoms with Crippen LogP contribution in [-0.2, 0) is 24.2 Å². The summed E-state index contributed by atoms with van der Waals surface area (Å²) in [4.78, 5) is 0. The van der Waals surface area contributed by atoms with Crippen molar-refractivity contribution in [3.63, 3.8) is 0 Å². The van der Waals surface area contributed by atoms with Gasteiger partial charge in [0.15, 0.2) is 0 Å². The molecule has 14 heavy (non-hydrogen) atoms. The fraction of sp³-hybridized carbons (Fsp3) is 0.308. The van der Waals surface area contributed by atoms with Crippen LogP contribution in [0, 0.1) is 12.2 Å². The number of hydrogen-bond acceptors (Lipinski definition) is 0. The van der Waals surface area contributed by atoms with E-state index >= 15 is 0 Å². The Balaban J connectivity index is 0.000000213. The van der Waals surface area contributed by atoms with Crippen LogP contribution in [0.4, 0.5) is 0 Å². The SMILES string of the molecule is CC1=C(C)C[C-]=C1.[C-]1=CC=CC1.[CH2]=[Zr+2]. The Bertz CT molecular complexity index is 257. The van der Waals surface area contributed by atoms with Crippen molar-refractivity contribution in [1.82, 2.24) is 0 Å². The maximum atomic E-state index is 3.34. The number of rotatable bonds is 0. The molecule has 0 amide bonds. The first-order valence-electron chi connectivity index (χ1n) is 4.61. The molecule has 72 valence electrons. The Kier molecular flexibility index (Phi) is 9.09. The van der Waals surface area contributed by atoms with Crippen molar-refractivity contribution in [1.29, 1.82) is 0 Å². The van der Waals surface area contributed by atoms with Crippen LogP contribution in [-0.4, -0.2) is 4.21 Å². The van der Waals surface area contributed by atoms with Gasteiger partial charge in [-0.2, -0.15) is 11.6 Å². The van der Waals surface area contributed by atoms with Crippen molar-refractivity contribution in [2.24, 2.45) is 0 Å². The molecule has 0 aromatic carbocycles. The van der Waals surface area contributed by atoms with Crippen molar-refractivity contribution in [3.8, 4) is 0 Å². The first-order valence-corrected chi connectivity index (χ1v) is 6.34. The Hall–Kier alpha value is -0.287. The summed E-state index contributed by atoms with van der Waals surface area (Å²) in [6.07, 6.45) is 16.2. The van der Waals surface area contributed by atoms with Crippen molar-refractivity contribution >= 4 is 4.21 Å². The Morgan fingerprint density at radius 3 is 2.14 bits per heavy atom. The molecular formula is C13H16Zr. The maximum absolute atomic E-state index is 3.34. The van der Waals surface area contributed by atoms with Crippen LogP contribution < -0.4 is 0 Å². The van der Waals surface area contributed by atoms with Gasteiger partial charge in [0, 0.05) is 0 Å². The van der Waals surface area contributed by atoms with Crippen LogP contribution >= 0.6 is 0 Å². The van der Waals surface area contributed by atoms with Crippen LogP contribution in [0.15, 0.2) is 35.5 Å². The van der Waals surface area contributed by atoms with E-state index in [2.05, 4.69) is 42.4 Å². The van der Waals surface area contributed by atoms with Gasteiger partial charge in [0.1, 0.15) is 0 Å². The van der Waals surface area contributed by atoms with Gasteiger partial charge in [-0.05, 0) is 0 Å². The van der Waals surface area contributed by atoms with Gasteiger partial charge in [-0.3, -0.25) is 12.2 Å². The molecule has 0 fully saturated rings. The van der Waals surface area contributed by atoms with Crippen LogP contribution in [0.3, 0.4) is 0 Å². The second kappa shape index (κ2) is 9.28. The first-order chi connectivity index (χ1) is 6.80. The summed E-state index contributed by atoms with van der Waals surface area (Å²) in [5, 5.41) is 0. The molecule has 2 rings (SSSR count). The second-order valence-electron chi connectivity index (χ2n) is 2.99. The summed E-state index contributed by atoms with van der Waals surface area (Å²) in [7, 11) is 0. The van der Waals surface area contributed by atoms with E-state index in [1.807, 2.05) is 12.2 Å². The summed E-state index contributed by atoms with van der Waals surface area (Å²) in [6, 6.07) is 0. The van der Waals surface area contributed by atoms with E-state index in [9.17, 15) is 0 Å². The van der Waals surface area contributed by atoms with Gasteiger partial charge >= 0.3 is 28.4 Å². The van der Waals surface area contributed by atoms with Gasteiger partial charge in [-0.15, -0.1) is 19.8 Å². The summed E-state index contributed by atoms with van der Waals surface area (Å²) in [5.74, 6) is 0. The van der Waals surface area contributed by atoms with E-state index in [1.54, 1.807) is 0 Å². The summed E-state index contributed by atoms with van der Waals surface area (Å²) in [6.45, 7) is 4.27. The topological polar surface area (TPSA) is 0 Å². The van der Waals surface area contributed by atoms with E-state index < -0.39 is 0 Å². The molecular weight excluding hydrogens is 247 g/mol. The molecule has 0 nitrogen and oxygen atoms in total. The fourth-order valence-corrected chi connectivity index (χ4v) is 0.960. The van der Waals surface area contributed by atoms with Gasteiger partial charge in [0.05, 0.1) is 0 Å². The molecule has 1 heteroatoms. The van der Waals surface area contributed by atoms with Gasteiger partial charge in [0.25, 0.3) is 0 Å². The summed E-state index contributed by atoms with van der Waals surface area (Å²) in [5.41, 5.74) is 2.85. The van der Waals surface area contributed by atoms with Gasteiger partial charge in [-0.1, -0.05) is 6.92 Å². The molecule has 0 aliphatic heterocycles. The van der Waals surface area contributed by atoms with Crippen LogP contribution in [0.5, 0.6) is 0 Å². The molecule has 0 saturated heterocycles. The van der Waals surface area contributed by atoms with Crippen molar-refractivity contribution in [2.75, 3.05) is 0 Å². The third kappa shape index (κ3) is 6.21. The van der Waals surface area contributed by atoms with E-state index in [0.717, 1.165) is 12.8 Å². The van der Waals surface area contributed by atoms with Crippen LogP contribution in [0.1, 0.15) is 26.7 Å². The first kappa shape index (κ1) is 13.7. The second-order valence-corrected chi connectivity index (χ2v) is 2.99. The molecule has 0 unspecified atom stereocenters. The van der Waals surface area contributed by atoms with Gasteiger partial charge < -0.3 is 0 Å². The molecule has 2 aliphatic rings. The molecule has 0 aromatic heterocycles. The molecule has 0 radical (unpaired) electrons. The Labute approximate surface area is 102 Å². The third-order valence-electron chi connectivity index (χ3n) is 1.94. The normalized spacial score (nSPS) is 16.3. The zero-order valence-electron chi connectivity index (χ0n) is 8.93. The van der Waals surface area contributed by atoms with E-state index in [4.69, 9.17) is 0 Å². The molecule has 0 aromatic rings. The van der Waals surface area contributed by atoms with E-state index in [0.29, 0.717) is 0 Å². The van der Waals surface area contributed by atoms with Gasteiger partial charge in [-0.25, -0.2) is 23.8 Å². The number of allylic oxidation sites excluding steroid dienone is 8. The van der Waals surface area contributed by atoms with Crippen LogP contribution in [0.2, 0.25) is 0 Å². The predicted molar refractivity (Wildman–Crippen MR) is 59.5 cm³/mol. The molecule has 0 heterocycles. The van der Waals surface area contributed by atoms with Crippen LogP contribution in [0.25, 0.3) is 0 Å².